The number of benzene rings is 2. The van der Waals surface area contributed by atoms with Gasteiger partial charge in [-0.1, -0.05) is 37.0 Å². The summed E-state index contributed by atoms with van der Waals surface area (Å²) in [6.45, 7) is 4.94. The average molecular weight is 563 g/mol. The van der Waals surface area contributed by atoms with E-state index in [-0.39, 0.29) is 5.56 Å². The summed E-state index contributed by atoms with van der Waals surface area (Å²) in [7, 11) is 0. The highest BCUT2D eigenvalue weighted by molar-refractivity contribution is 7.99. The number of hydrogen-bond donors (Lipinski definition) is 3. The summed E-state index contributed by atoms with van der Waals surface area (Å²) in [5.41, 5.74) is 2.33. The number of urea groups is 1. The van der Waals surface area contributed by atoms with E-state index >= 15 is 0 Å². The predicted molar refractivity (Wildman–Crippen MR) is 152 cm³/mol. The summed E-state index contributed by atoms with van der Waals surface area (Å²) in [5, 5.41) is 6.93. The third kappa shape index (κ3) is 6.53. The van der Waals surface area contributed by atoms with Crippen molar-refractivity contribution >= 4 is 74.8 Å². The van der Waals surface area contributed by atoms with Gasteiger partial charge in [-0.15, -0.1) is 11.3 Å². The first-order valence-electron chi connectivity index (χ1n) is 11.5. The molecule has 188 valence electrons. The Balaban J connectivity index is 0.00000148. The molecule has 2 heterocycles. The third-order valence-electron chi connectivity index (χ3n) is 5.31. The predicted octanol–water partition coefficient (Wildman–Crippen LogP) is 7.43. The number of fused-ring (bicyclic) bond motifs is 1. The van der Waals surface area contributed by atoms with E-state index in [0.717, 1.165) is 22.4 Å². The van der Waals surface area contributed by atoms with Gasteiger partial charge in [0.25, 0.3) is 5.56 Å². The van der Waals surface area contributed by atoms with Crippen LogP contribution in [0.3, 0.4) is 0 Å². The maximum atomic E-state index is 13.1. The topological polar surface area (TPSA) is 88.1 Å². The minimum absolute atomic E-state index is 0.217. The lowest BCUT2D eigenvalue weighted by Gasteiger charge is -2.12. The van der Waals surface area contributed by atoms with Crippen molar-refractivity contribution in [3.8, 4) is 5.69 Å². The van der Waals surface area contributed by atoms with Gasteiger partial charge in [0, 0.05) is 17.9 Å². The summed E-state index contributed by atoms with van der Waals surface area (Å²) in [6.07, 6.45) is 4.01. The number of halogens is 2. The normalized spacial score (nSPS) is 12.6. The molecule has 36 heavy (non-hydrogen) atoms. The van der Waals surface area contributed by atoms with Crippen molar-refractivity contribution in [2.24, 2.45) is 5.92 Å². The second-order valence-corrected chi connectivity index (χ2v) is 11.1. The van der Waals surface area contributed by atoms with Crippen LogP contribution in [0.1, 0.15) is 26.7 Å². The fourth-order valence-corrected chi connectivity index (χ4v) is 5.50. The van der Waals surface area contributed by atoms with E-state index in [4.69, 9.17) is 23.2 Å². The molecule has 1 saturated carbocycles. The zero-order chi connectivity index (χ0) is 25.7. The molecule has 0 unspecified atom stereocenters. The van der Waals surface area contributed by atoms with E-state index in [9.17, 15) is 9.59 Å². The summed E-state index contributed by atoms with van der Waals surface area (Å²) in [5.74, 6) is 0.751. The number of carbonyl (C=O) groups is 1. The monoisotopic (exact) mass is 561 g/mol. The van der Waals surface area contributed by atoms with Gasteiger partial charge in [0.1, 0.15) is 6.33 Å². The standard InChI is InChI=1S/C23H19Cl2N5O2S2.C2H6/c24-17-9-15(28-23(32)29-34-21-8-7-20(25)33-21)4-6-19(17)30-12-27-18-10-14(26-11-13-1-2-13)3-5-16(18)22(30)31;1-2/h3-10,12-13,26H,1-2,11H2,(H2,28,29,32);1-2H3. The van der Waals surface area contributed by atoms with Crippen LogP contribution in [0.15, 0.2) is 63.9 Å². The Morgan fingerprint density at radius 1 is 1.11 bits per heavy atom. The van der Waals surface area contributed by atoms with Gasteiger partial charge in [0.05, 0.1) is 30.2 Å². The zero-order valence-corrected chi connectivity index (χ0v) is 22.8. The summed E-state index contributed by atoms with van der Waals surface area (Å²) >= 11 is 14.9. The van der Waals surface area contributed by atoms with Crippen LogP contribution in [-0.4, -0.2) is 22.1 Å². The van der Waals surface area contributed by atoms with Crippen LogP contribution >= 0.6 is 46.5 Å². The molecule has 4 aromatic rings. The number of carbonyl (C=O) groups excluding carboxylic acids is 1. The lowest BCUT2D eigenvalue weighted by molar-refractivity contribution is 0.257. The molecule has 0 saturated heterocycles. The van der Waals surface area contributed by atoms with Gasteiger partial charge in [0.2, 0.25) is 0 Å². The molecule has 0 bridgehead atoms. The molecule has 0 spiro atoms. The molecular formula is C25H25Cl2N5O2S2. The third-order valence-corrected chi connectivity index (χ3v) is 7.76. The fourth-order valence-electron chi connectivity index (χ4n) is 3.37. The van der Waals surface area contributed by atoms with Crippen molar-refractivity contribution in [3.63, 3.8) is 0 Å². The molecule has 0 atom stereocenters. The number of aromatic nitrogens is 2. The molecule has 1 fully saturated rings. The first kappa shape index (κ1) is 26.3. The van der Waals surface area contributed by atoms with Crippen molar-refractivity contribution < 1.29 is 4.79 Å². The van der Waals surface area contributed by atoms with Gasteiger partial charge in [-0.25, -0.2) is 9.78 Å². The maximum Gasteiger partial charge on any atom is 0.329 e. The molecule has 7 nitrogen and oxygen atoms in total. The van der Waals surface area contributed by atoms with Crippen LogP contribution in [-0.2, 0) is 0 Å². The van der Waals surface area contributed by atoms with E-state index in [1.54, 1.807) is 30.3 Å². The fraction of sp³-hybridized carbons (Fsp3) is 0.240. The molecule has 5 rings (SSSR count). The Labute approximate surface area is 227 Å². The minimum Gasteiger partial charge on any atom is -0.385 e. The molecule has 2 aromatic heterocycles. The van der Waals surface area contributed by atoms with Crippen LogP contribution in [0.4, 0.5) is 16.2 Å². The first-order chi connectivity index (χ1) is 17.5. The van der Waals surface area contributed by atoms with Crippen molar-refractivity contribution in [1.29, 1.82) is 0 Å². The first-order valence-corrected chi connectivity index (χ1v) is 13.9. The molecule has 3 N–H and O–H groups in total. The second-order valence-electron chi connectivity index (χ2n) is 7.86. The summed E-state index contributed by atoms with van der Waals surface area (Å²) in [6, 6.07) is 13.7. The molecule has 0 aliphatic heterocycles. The van der Waals surface area contributed by atoms with Gasteiger partial charge < -0.3 is 10.6 Å². The molecule has 0 radical (unpaired) electrons. The number of amides is 2. The van der Waals surface area contributed by atoms with Crippen LogP contribution in [0.2, 0.25) is 9.36 Å². The molecule has 2 aromatic carbocycles. The smallest absolute Gasteiger partial charge is 0.329 e. The van der Waals surface area contributed by atoms with Crippen LogP contribution in [0.25, 0.3) is 16.6 Å². The molecule has 1 aliphatic rings. The highest BCUT2D eigenvalue weighted by Crippen LogP contribution is 2.30. The van der Waals surface area contributed by atoms with E-state index in [1.807, 2.05) is 32.0 Å². The van der Waals surface area contributed by atoms with Crippen molar-refractivity contribution in [2.75, 3.05) is 17.2 Å². The molecular weight excluding hydrogens is 537 g/mol. The van der Waals surface area contributed by atoms with Gasteiger partial charge >= 0.3 is 6.03 Å². The number of anilines is 2. The van der Waals surface area contributed by atoms with Crippen molar-refractivity contribution in [2.45, 2.75) is 30.9 Å². The highest BCUT2D eigenvalue weighted by atomic mass is 35.5. The number of nitrogens with one attached hydrogen (secondary N) is 3. The lowest BCUT2D eigenvalue weighted by Crippen LogP contribution is -2.23. The minimum atomic E-state index is -0.408. The quantitative estimate of drug-likeness (QED) is 0.204. The lowest BCUT2D eigenvalue weighted by atomic mass is 10.2. The van der Waals surface area contributed by atoms with Gasteiger partial charge in [0.15, 0.2) is 0 Å². The van der Waals surface area contributed by atoms with Crippen molar-refractivity contribution in [1.82, 2.24) is 14.3 Å². The van der Waals surface area contributed by atoms with E-state index in [2.05, 4.69) is 20.3 Å². The van der Waals surface area contributed by atoms with Gasteiger partial charge in [-0.2, -0.15) is 0 Å². The summed E-state index contributed by atoms with van der Waals surface area (Å²) in [4.78, 5) is 29.8. The highest BCUT2D eigenvalue weighted by Gasteiger charge is 2.20. The Morgan fingerprint density at radius 3 is 2.58 bits per heavy atom. The number of rotatable bonds is 7. The van der Waals surface area contributed by atoms with E-state index in [1.165, 1.54) is 47.0 Å². The number of hydrogen-bond acceptors (Lipinski definition) is 6. The molecule has 1 aliphatic carbocycles. The number of thiophene rings is 1. The van der Waals surface area contributed by atoms with Crippen molar-refractivity contribution in [3.05, 3.63) is 74.6 Å². The Kier molecular flexibility index (Phi) is 8.79. The SMILES string of the molecule is CC.O=C(NSc1ccc(Cl)s1)Nc1ccc(-n2cnc3cc(NCC4CC4)ccc3c2=O)c(Cl)c1. The van der Waals surface area contributed by atoms with Crippen LogP contribution in [0.5, 0.6) is 0 Å². The summed E-state index contributed by atoms with van der Waals surface area (Å²) < 4.78 is 5.60. The Morgan fingerprint density at radius 2 is 1.89 bits per heavy atom. The Bertz CT molecular complexity index is 1440. The van der Waals surface area contributed by atoms with Gasteiger partial charge in [-0.3, -0.25) is 14.1 Å². The average Bonchev–Trinajstić information content (AvgIpc) is 3.62. The van der Waals surface area contributed by atoms with E-state index in [0.29, 0.717) is 31.6 Å². The maximum absolute atomic E-state index is 13.1. The second kappa shape index (κ2) is 12.0. The van der Waals surface area contributed by atoms with Crippen LogP contribution in [0, 0.1) is 5.92 Å². The van der Waals surface area contributed by atoms with Gasteiger partial charge in [-0.05, 0) is 79.2 Å². The number of nitrogens with zero attached hydrogens (tertiary/aromatic N) is 2. The van der Waals surface area contributed by atoms with Crippen LogP contribution < -0.4 is 20.9 Å². The zero-order valence-electron chi connectivity index (χ0n) is 19.7. The largest absolute Gasteiger partial charge is 0.385 e. The van der Waals surface area contributed by atoms with E-state index < -0.39 is 6.03 Å². The molecule has 2 amide bonds. The Hall–Kier alpha value is -2.72. The molecule has 11 heteroatoms.